The summed E-state index contributed by atoms with van der Waals surface area (Å²) >= 11 is 1.55. The van der Waals surface area contributed by atoms with E-state index in [9.17, 15) is 9.59 Å². The summed E-state index contributed by atoms with van der Waals surface area (Å²) in [5.41, 5.74) is 0.103. The van der Waals surface area contributed by atoms with Gasteiger partial charge in [-0.2, -0.15) is 11.3 Å². The summed E-state index contributed by atoms with van der Waals surface area (Å²) < 4.78 is 0. The van der Waals surface area contributed by atoms with Crippen molar-refractivity contribution in [2.24, 2.45) is 0 Å². The van der Waals surface area contributed by atoms with Crippen LogP contribution in [0.4, 0.5) is 5.69 Å². The van der Waals surface area contributed by atoms with Gasteiger partial charge in [-0.1, -0.05) is 6.92 Å². The van der Waals surface area contributed by atoms with Crippen molar-refractivity contribution in [3.63, 3.8) is 0 Å². The van der Waals surface area contributed by atoms with E-state index in [0.717, 1.165) is 5.69 Å². The van der Waals surface area contributed by atoms with Gasteiger partial charge >= 0.3 is 0 Å². The quantitative estimate of drug-likeness (QED) is 0.872. The second-order valence-electron chi connectivity index (χ2n) is 4.42. The molecule has 0 spiro atoms. The van der Waals surface area contributed by atoms with Crippen LogP contribution in [0.3, 0.4) is 0 Å². The van der Waals surface area contributed by atoms with Crippen molar-refractivity contribution in [1.82, 2.24) is 5.32 Å². The van der Waals surface area contributed by atoms with Gasteiger partial charge in [0.15, 0.2) is 0 Å². The lowest BCUT2D eigenvalue weighted by atomic mass is 9.97. The largest absolute Gasteiger partial charge is 0.342 e. The molecular formula is C12H16N2O2S. The fraction of sp³-hybridized carbons (Fsp3) is 0.500. The summed E-state index contributed by atoms with van der Waals surface area (Å²) in [6.07, 6.45) is 0.954. The molecule has 1 aromatic rings. The maximum atomic E-state index is 12.5. The first-order valence-corrected chi connectivity index (χ1v) is 6.66. The average molecular weight is 252 g/mol. The Bertz CT molecular complexity index is 430. The highest BCUT2D eigenvalue weighted by Crippen LogP contribution is 2.25. The zero-order valence-corrected chi connectivity index (χ0v) is 10.8. The van der Waals surface area contributed by atoms with E-state index in [-0.39, 0.29) is 11.8 Å². The van der Waals surface area contributed by atoms with Gasteiger partial charge in [-0.3, -0.25) is 9.59 Å². The van der Waals surface area contributed by atoms with E-state index in [1.807, 2.05) is 23.8 Å². The van der Waals surface area contributed by atoms with Crippen LogP contribution in [-0.4, -0.2) is 23.9 Å². The van der Waals surface area contributed by atoms with Gasteiger partial charge in [0.25, 0.3) is 5.91 Å². The average Bonchev–Trinajstić information content (AvgIpc) is 2.79. The fourth-order valence-corrected chi connectivity index (χ4v) is 2.58. The highest BCUT2D eigenvalue weighted by Gasteiger charge is 2.39. The number of carbonyl (C=O) groups excluding carboxylic acids is 2. The third kappa shape index (κ3) is 2.20. The lowest BCUT2D eigenvalue weighted by Gasteiger charge is -2.30. The second-order valence-corrected chi connectivity index (χ2v) is 5.20. The minimum absolute atomic E-state index is 0.0238. The van der Waals surface area contributed by atoms with Crippen LogP contribution in [-0.2, 0) is 9.59 Å². The normalized spacial score (nSPS) is 25.6. The number of anilines is 1. The first kappa shape index (κ1) is 12.1. The van der Waals surface area contributed by atoms with Crippen molar-refractivity contribution in [2.75, 3.05) is 11.4 Å². The van der Waals surface area contributed by atoms with Gasteiger partial charge in [0.05, 0.1) is 5.69 Å². The Kier molecular flexibility index (Phi) is 3.19. The monoisotopic (exact) mass is 252 g/mol. The zero-order valence-electron chi connectivity index (χ0n) is 10.0. The van der Waals surface area contributed by atoms with Crippen molar-refractivity contribution < 1.29 is 9.59 Å². The Morgan fingerprint density at radius 2 is 2.29 bits per heavy atom. The molecule has 2 heterocycles. The van der Waals surface area contributed by atoms with Gasteiger partial charge in [-0.15, -0.1) is 0 Å². The van der Waals surface area contributed by atoms with E-state index >= 15 is 0 Å². The molecule has 1 atom stereocenters. The highest BCUT2D eigenvalue weighted by molar-refractivity contribution is 7.08. The van der Waals surface area contributed by atoms with Crippen LogP contribution in [0, 0.1) is 0 Å². The number of nitrogens with one attached hydrogen (secondary N) is 1. The molecule has 1 aliphatic rings. The van der Waals surface area contributed by atoms with E-state index in [4.69, 9.17) is 0 Å². The summed E-state index contributed by atoms with van der Waals surface area (Å²) in [7, 11) is 0. The predicted molar refractivity (Wildman–Crippen MR) is 68.1 cm³/mol. The van der Waals surface area contributed by atoms with E-state index in [1.54, 1.807) is 23.2 Å². The smallest absolute Gasteiger partial charge is 0.252 e. The van der Waals surface area contributed by atoms with E-state index < -0.39 is 5.54 Å². The number of amides is 2. The molecular weight excluding hydrogens is 236 g/mol. The van der Waals surface area contributed by atoms with Crippen LogP contribution in [0.15, 0.2) is 16.8 Å². The molecule has 1 saturated heterocycles. The summed E-state index contributed by atoms with van der Waals surface area (Å²) in [6.45, 7) is 4.16. The van der Waals surface area contributed by atoms with Crippen LogP contribution in [0.2, 0.25) is 0 Å². The molecule has 0 aliphatic carbocycles. The fourth-order valence-electron chi connectivity index (χ4n) is 1.93. The molecule has 1 aliphatic heterocycles. The SMILES string of the molecule is CCC1(C)NC(=O)CCN(c2ccsc2)C1=O. The third-order valence-corrected chi connectivity index (χ3v) is 3.89. The standard InChI is InChI=1S/C12H16N2O2S/c1-3-12(2)11(16)14(6-4-10(15)13-12)9-5-7-17-8-9/h5,7-8H,3-4,6H2,1-2H3,(H,13,15). The third-order valence-electron chi connectivity index (χ3n) is 3.22. The van der Waals surface area contributed by atoms with Crippen LogP contribution in [0.25, 0.3) is 0 Å². The zero-order chi connectivity index (χ0) is 12.5. The molecule has 4 nitrogen and oxygen atoms in total. The Balaban J connectivity index is 2.34. The van der Waals surface area contributed by atoms with E-state index in [0.29, 0.717) is 19.4 Å². The molecule has 1 unspecified atom stereocenters. The molecule has 5 heteroatoms. The number of hydrogen-bond donors (Lipinski definition) is 1. The second kappa shape index (κ2) is 4.49. The first-order chi connectivity index (χ1) is 8.07. The molecule has 1 aromatic heterocycles. The van der Waals surface area contributed by atoms with Crippen molar-refractivity contribution in [3.8, 4) is 0 Å². The predicted octanol–water partition coefficient (Wildman–Crippen LogP) is 1.77. The number of rotatable bonds is 2. The van der Waals surface area contributed by atoms with Crippen molar-refractivity contribution in [3.05, 3.63) is 16.8 Å². The van der Waals surface area contributed by atoms with Crippen molar-refractivity contribution >= 4 is 28.8 Å². The molecule has 17 heavy (non-hydrogen) atoms. The van der Waals surface area contributed by atoms with Gasteiger partial charge < -0.3 is 10.2 Å². The number of hydrogen-bond acceptors (Lipinski definition) is 3. The first-order valence-electron chi connectivity index (χ1n) is 5.72. The Labute approximate surface area is 105 Å². The minimum atomic E-state index is -0.782. The maximum Gasteiger partial charge on any atom is 0.252 e. The molecule has 1 N–H and O–H groups in total. The summed E-state index contributed by atoms with van der Waals surface area (Å²) in [4.78, 5) is 25.8. The summed E-state index contributed by atoms with van der Waals surface area (Å²) in [6, 6.07) is 1.91. The Morgan fingerprint density at radius 3 is 2.88 bits per heavy atom. The molecule has 0 aromatic carbocycles. The molecule has 0 bridgehead atoms. The molecule has 2 rings (SSSR count). The lowest BCUT2D eigenvalue weighted by Crippen LogP contribution is -2.54. The molecule has 0 radical (unpaired) electrons. The lowest BCUT2D eigenvalue weighted by molar-refractivity contribution is -0.129. The number of nitrogens with zero attached hydrogens (tertiary/aromatic N) is 1. The van der Waals surface area contributed by atoms with Crippen LogP contribution in [0.1, 0.15) is 26.7 Å². The van der Waals surface area contributed by atoms with Gasteiger partial charge in [0.1, 0.15) is 5.54 Å². The maximum absolute atomic E-state index is 12.5. The summed E-state index contributed by atoms with van der Waals surface area (Å²) in [5, 5.41) is 6.69. The molecule has 1 fully saturated rings. The van der Waals surface area contributed by atoms with Gasteiger partial charge in [-0.25, -0.2) is 0 Å². The van der Waals surface area contributed by atoms with Crippen LogP contribution < -0.4 is 10.2 Å². The number of thiophene rings is 1. The Morgan fingerprint density at radius 1 is 1.53 bits per heavy atom. The van der Waals surface area contributed by atoms with Gasteiger partial charge in [0, 0.05) is 18.3 Å². The van der Waals surface area contributed by atoms with Crippen molar-refractivity contribution in [1.29, 1.82) is 0 Å². The van der Waals surface area contributed by atoms with Crippen LogP contribution in [0.5, 0.6) is 0 Å². The molecule has 0 saturated carbocycles. The van der Waals surface area contributed by atoms with Crippen LogP contribution >= 0.6 is 11.3 Å². The highest BCUT2D eigenvalue weighted by atomic mass is 32.1. The molecule has 2 amide bonds. The molecule has 92 valence electrons. The van der Waals surface area contributed by atoms with Gasteiger partial charge in [-0.05, 0) is 24.8 Å². The van der Waals surface area contributed by atoms with Gasteiger partial charge in [0.2, 0.25) is 5.91 Å². The van der Waals surface area contributed by atoms with E-state index in [2.05, 4.69) is 5.32 Å². The number of carbonyl (C=O) groups is 2. The Hall–Kier alpha value is -1.36. The van der Waals surface area contributed by atoms with E-state index in [1.165, 1.54) is 0 Å². The minimum Gasteiger partial charge on any atom is -0.342 e. The summed E-state index contributed by atoms with van der Waals surface area (Å²) in [5.74, 6) is -0.0790. The topological polar surface area (TPSA) is 49.4 Å². The van der Waals surface area contributed by atoms with Crippen molar-refractivity contribution in [2.45, 2.75) is 32.2 Å².